The summed E-state index contributed by atoms with van der Waals surface area (Å²) in [5.74, 6) is -1.40. The number of ether oxygens (including phenoxy) is 2. The van der Waals surface area contributed by atoms with Crippen LogP contribution >= 0.6 is 0 Å². The minimum Gasteiger partial charge on any atom is -0.507 e. The Morgan fingerprint density at radius 3 is 2.33 bits per heavy atom. The second-order valence-electron chi connectivity index (χ2n) is 13.1. The fourth-order valence-electron chi connectivity index (χ4n) is 7.57. The van der Waals surface area contributed by atoms with Crippen LogP contribution in [0.25, 0.3) is 0 Å². The highest BCUT2D eigenvalue weighted by atomic mass is 16.6. The number of benzene rings is 1. The number of nitrogens with zero attached hydrogens (tertiary/aromatic N) is 1. The van der Waals surface area contributed by atoms with Crippen LogP contribution in [0, 0.1) is 17.8 Å². The zero-order valence-electron chi connectivity index (χ0n) is 26.1. The molecule has 1 saturated carbocycles. The summed E-state index contributed by atoms with van der Waals surface area (Å²) in [7, 11) is 0. The number of phenols is 2. The molecule has 7 heteroatoms. The predicted molar refractivity (Wildman–Crippen MR) is 163 cm³/mol. The van der Waals surface area contributed by atoms with Crippen molar-refractivity contribution in [3.05, 3.63) is 52.1 Å². The quantitative estimate of drug-likeness (QED) is 0.281. The van der Waals surface area contributed by atoms with Gasteiger partial charge in [-0.05, 0) is 66.0 Å². The number of unbranched alkanes of at least 4 members (excludes halogenated alkanes) is 2. The van der Waals surface area contributed by atoms with E-state index in [9.17, 15) is 19.8 Å². The average Bonchev–Trinajstić information content (AvgIpc) is 3.22. The molecule has 1 saturated heterocycles. The summed E-state index contributed by atoms with van der Waals surface area (Å²) in [5, 5.41) is 22.3. The van der Waals surface area contributed by atoms with Crippen LogP contribution in [0.3, 0.4) is 0 Å². The van der Waals surface area contributed by atoms with Crippen molar-refractivity contribution in [2.75, 3.05) is 26.2 Å². The molecule has 5 aliphatic rings. The molecule has 1 spiro atoms. The standard InChI is InChI=1S/C35H47NO6/c1-7-9-15-36(16-10-8-2)19-25-24-17-26-32(39)30-29(18-28(37)23(31(30)38)12-11-21(3)4)42-35(26)27(25)20-41-34(35,33(24)40)14-13-22(5)6/h11,13,17-18,24-25,27,37-38H,7-10,12,14-16,19-20H2,1-6H3/t24-,25+,27-,34?,35-/m1/s1. The van der Waals surface area contributed by atoms with Gasteiger partial charge in [-0.1, -0.05) is 56.1 Å². The lowest BCUT2D eigenvalue weighted by atomic mass is 9.49. The topological polar surface area (TPSA) is 96.3 Å². The van der Waals surface area contributed by atoms with Crippen molar-refractivity contribution in [2.45, 2.75) is 91.3 Å². The zero-order valence-corrected chi connectivity index (χ0v) is 26.1. The van der Waals surface area contributed by atoms with Gasteiger partial charge in [-0.15, -0.1) is 0 Å². The number of phenolic OH excluding ortho intramolecular Hbond substituents is 2. The largest absolute Gasteiger partial charge is 0.507 e. The normalized spacial score (nSPS) is 28.7. The number of carbonyl (C=O) groups is 2. The molecule has 2 N–H and O–H groups in total. The third-order valence-corrected chi connectivity index (χ3v) is 9.78. The van der Waals surface area contributed by atoms with Gasteiger partial charge in [0.15, 0.2) is 22.8 Å². The van der Waals surface area contributed by atoms with Gasteiger partial charge < -0.3 is 24.6 Å². The van der Waals surface area contributed by atoms with E-state index < -0.39 is 17.1 Å². The van der Waals surface area contributed by atoms with Crippen LogP contribution < -0.4 is 4.74 Å². The molecule has 0 radical (unpaired) electrons. The van der Waals surface area contributed by atoms with Gasteiger partial charge in [-0.3, -0.25) is 9.59 Å². The van der Waals surface area contributed by atoms with E-state index in [0.29, 0.717) is 24.2 Å². The van der Waals surface area contributed by atoms with Crippen molar-refractivity contribution in [3.63, 3.8) is 0 Å². The van der Waals surface area contributed by atoms with Gasteiger partial charge >= 0.3 is 0 Å². The van der Waals surface area contributed by atoms with E-state index in [1.165, 1.54) is 6.07 Å². The molecule has 228 valence electrons. The first-order chi connectivity index (χ1) is 20.0. The maximum absolute atomic E-state index is 14.5. The number of allylic oxidation sites excluding steroid dienone is 4. The molecule has 1 aromatic rings. The Hall–Kier alpha value is -2.90. The van der Waals surface area contributed by atoms with Gasteiger partial charge in [0.2, 0.25) is 0 Å². The van der Waals surface area contributed by atoms with Gasteiger partial charge in [0.25, 0.3) is 0 Å². The highest BCUT2D eigenvalue weighted by Gasteiger charge is 2.79. The summed E-state index contributed by atoms with van der Waals surface area (Å²) < 4.78 is 13.4. The second-order valence-corrected chi connectivity index (χ2v) is 13.1. The van der Waals surface area contributed by atoms with Crippen molar-refractivity contribution in [3.8, 4) is 17.2 Å². The fraction of sp³-hybridized carbons (Fsp3) is 0.600. The second kappa shape index (κ2) is 11.6. The van der Waals surface area contributed by atoms with Crippen LogP contribution in [0.15, 0.2) is 41.0 Å². The number of aromatic hydroxyl groups is 2. The van der Waals surface area contributed by atoms with Gasteiger partial charge in [-0.25, -0.2) is 0 Å². The number of ketones is 2. The molecule has 0 amide bonds. The molecular formula is C35H47NO6. The third-order valence-electron chi connectivity index (χ3n) is 9.78. The van der Waals surface area contributed by atoms with Gasteiger partial charge in [0, 0.05) is 42.0 Å². The van der Waals surface area contributed by atoms with Gasteiger partial charge in [-0.2, -0.15) is 0 Å². The van der Waals surface area contributed by atoms with Crippen molar-refractivity contribution >= 4 is 11.6 Å². The van der Waals surface area contributed by atoms with Gasteiger partial charge in [0.05, 0.1) is 6.61 Å². The van der Waals surface area contributed by atoms with Crippen LogP contribution in [0.2, 0.25) is 0 Å². The molecule has 6 rings (SSSR count). The molecule has 1 unspecified atom stereocenters. The van der Waals surface area contributed by atoms with Crippen molar-refractivity contribution in [2.24, 2.45) is 17.8 Å². The molecule has 0 aromatic heterocycles. The van der Waals surface area contributed by atoms with Crippen LogP contribution in [0.5, 0.6) is 17.2 Å². The number of rotatable bonds is 12. The third kappa shape index (κ3) is 4.64. The Morgan fingerprint density at radius 2 is 1.71 bits per heavy atom. The molecular weight excluding hydrogens is 530 g/mol. The molecule has 2 aliphatic heterocycles. The summed E-state index contributed by atoms with van der Waals surface area (Å²) in [6, 6.07) is 1.44. The van der Waals surface area contributed by atoms with Crippen LogP contribution in [0.1, 0.15) is 89.6 Å². The summed E-state index contributed by atoms with van der Waals surface area (Å²) >= 11 is 0. The Balaban J connectivity index is 1.64. The Kier molecular flexibility index (Phi) is 8.47. The highest BCUT2D eigenvalue weighted by molar-refractivity contribution is 6.18. The molecule has 7 nitrogen and oxygen atoms in total. The molecule has 5 atom stereocenters. The summed E-state index contributed by atoms with van der Waals surface area (Å²) in [5.41, 5.74) is 0.200. The average molecular weight is 578 g/mol. The minimum atomic E-state index is -1.34. The fourth-order valence-corrected chi connectivity index (χ4v) is 7.57. The molecule has 4 bridgehead atoms. The van der Waals surface area contributed by atoms with Crippen molar-refractivity contribution in [1.82, 2.24) is 4.90 Å². The minimum absolute atomic E-state index is 0.0293. The number of fused-ring (bicyclic) bond motifs is 1. The Morgan fingerprint density at radius 1 is 1.05 bits per heavy atom. The number of hydrogen-bond acceptors (Lipinski definition) is 7. The van der Waals surface area contributed by atoms with E-state index in [1.807, 2.05) is 45.9 Å². The molecule has 2 fully saturated rings. The SMILES string of the molecule is CCCCN(CCCC)C[C@@H]1[C@H]2COC3(CC=C(C)C)C(=O)[C@@H]1C=C1C(=O)c4c(cc(O)c(CC=C(C)C)c4O)O[C@]123. The molecule has 2 heterocycles. The first-order valence-electron chi connectivity index (χ1n) is 15.7. The molecule has 42 heavy (non-hydrogen) atoms. The number of carbonyl (C=O) groups excluding carboxylic acids is 2. The lowest BCUT2D eigenvalue weighted by Gasteiger charge is -2.58. The number of hydrogen-bond donors (Lipinski definition) is 2. The van der Waals surface area contributed by atoms with E-state index in [0.717, 1.165) is 56.5 Å². The van der Waals surface area contributed by atoms with E-state index in [-0.39, 0.29) is 52.6 Å². The molecule has 3 aliphatic carbocycles. The molecule has 1 aromatic carbocycles. The summed E-state index contributed by atoms with van der Waals surface area (Å²) in [6.45, 7) is 15.2. The monoisotopic (exact) mass is 577 g/mol. The first-order valence-corrected chi connectivity index (χ1v) is 15.7. The van der Waals surface area contributed by atoms with E-state index in [1.54, 1.807) is 0 Å². The Labute approximate surface area is 250 Å². The highest BCUT2D eigenvalue weighted by Crippen LogP contribution is 2.65. The van der Waals surface area contributed by atoms with E-state index in [4.69, 9.17) is 9.47 Å². The van der Waals surface area contributed by atoms with E-state index in [2.05, 4.69) is 18.7 Å². The van der Waals surface area contributed by atoms with Crippen molar-refractivity contribution < 1.29 is 29.3 Å². The zero-order chi connectivity index (χ0) is 30.4. The van der Waals surface area contributed by atoms with Crippen molar-refractivity contribution in [1.29, 1.82) is 0 Å². The lowest BCUT2D eigenvalue weighted by molar-refractivity contribution is -0.171. The van der Waals surface area contributed by atoms with Crippen LogP contribution in [0.4, 0.5) is 0 Å². The van der Waals surface area contributed by atoms with E-state index >= 15 is 0 Å². The maximum Gasteiger partial charge on any atom is 0.200 e. The first kappa shape index (κ1) is 30.6. The summed E-state index contributed by atoms with van der Waals surface area (Å²) in [6.07, 6.45) is 10.7. The number of Topliss-reactive ketones (excluding diaryl/α,β-unsaturated/α-hetero) is 2. The smallest absolute Gasteiger partial charge is 0.200 e. The van der Waals surface area contributed by atoms with Gasteiger partial charge in [0.1, 0.15) is 22.8 Å². The van der Waals surface area contributed by atoms with Crippen LogP contribution in [-0.4, -0.2) is 64.1 Å². The van der Waals surface area contributed by atoms with Crippen LogP contribution in [-0.2, 0) is 16.0 Å². The predicted octanol–water partition coefficient (Wildman–Crippen LogP) is 6.32. The maximum atomic E-state index is 14.5. The summed E-state index contributed by atoms with van der Waals surface area (Å²) in [4.78, 5) is 31.3. The lowest BCUT2D eigenvalue weighted by Crippen LogP contribution is -2.74. The Bertz CT molecular complexity index is 1340.